The topological polar surface area (TPSA) is 47.2 Å². The molecule has 2 aromatic carbocycles. The van der Waals surface area contributed by atoms with Crippen LogP contribution in [-0.2, 0) is 0 Å². The molecule has 142 valence electrons. The Labute approximate surface area is 171 Å². The Morgan fingerprint density at radius 1 is 1.11 bits per heavy atom. The van der Waals surface area contributed by atoms with Crippen LogP contribution in [0.4, 0.5) is 0 Å². The summed E-state index contributed by atoms with van der Waals surface area (Å²) in [5.74, 6) is 3.40. The van der Waals surface area contributed by atoms with Crippen molar-refractivity contribution in [2.75, 3.05) is 7.11 Å². The Morgan fingerprint density at radius 3 is 2.64 bits per heavy atom. The van der Waals surface area contributed by atoms with E-state index >= 15 is 0 Å². The first-order valence-corrected chi connectivity index (χ1v) is 9.94. The van der Waals surface area contributed by atoms with E-state index in [4.69, 9.17) is 19.0 Å². The normalized spacial score (nSPS) is 20.2. The minimum absolute atomic E-state index is 0.0914. The first kappa shape index (κ1) is 17.4. The van der Waals surface area contributed by atoms with Crippen LogP contribution in [0.1, 0.15) is 41.3 Å². The van der Waals surface area contributed by atoms with Gasteiger partial charge >= 0.3 is 0 Å². The predicted molar refractivity (Wildman–Crippen MR) is 110 cm³/mol. The van der Waals surface area contributed by atoms with Crippen LogP contribution >= 0.6 is 15.9 Å². The quantitative estimate of drug-likeness (QED) is 0.533. The number of hydrogen-bond acceptors (Lipinski definition) is 5. The van der Waals surface area contributed by atoms with E-state index in [1.807, 2.05) is 60.5 Å². The molecule has 1 aromatic heterocycles. The summed E-state index contributed by atoms with van der Waals surface area (Å²) in [5, 5.41) is 6.95. The van der Waals surface area contributed by atoms with Gasteiger partial charge in [0.1, 0.15) is 28.7 Å². The van der Waals surface area contributed by atoms with E-state index in [1.54, 1.807) is 7.11 Å². The second-order valence-electron chi connectivity index (χ2n) is 6.98. The number of benzene rings is 2. The second-order valence-corrected chi connectivity index (χ2v) is 7.90. The van der Waals surface area contributed by atoms with Gasteiger partial charge in [0.05, 0.1) is 13.2 Å². The largest absolute Gasteiger partial charge is 0.497 e. The van der Waals surface area contributed by atoms with Crippen molar-refractivity contribution in [3.8, 4) is 11.5 Å². The summed E-state index contributed by atoms with van der Waals surface area (Å²) >= 11 is 3.58. The van der Waals surface area contributed by atoms with Crippen LogP contribution in [0.2, 0.25) is 0 Å². The summed E-state index contributed by atoms with van der Waals surface area (Å²) in [4.78, 5) is 0. The highest BCUT2D eigenvalue weighted by molar-refractivity contribution is 9.10. The van der Waals surface area contributed by atoms with E-state index in [0.29, 0.717) is 0 Å². The van der Waals surface area contributed by atoms with Crippen molar-refractivity contribution in [1.29, 1.82) is 0 Å². The summed E-state index contributed by atoms with van der Waals surface area (Å²) in [7, 11) is 1.67. The molecule has 5 nitrogen and oxygen atoms in total. The number of hydrogen-bond donors (Lipinski definition) is 0. The molecule has 0 aliphatic carbocycles. The zero-order valence-electron chi connectivity index (χ0n) is 15.6. The Bertz CT molecular complexity index is 1060. The van der Waals surface area contributed by atoms with Gasteiger partial charge in [-0.2, -0.15) is 5.10 Å². The van der Waals surface area contributed by atoms with Crippen LogP contribution in [-0.4, -0.2) is 17.8 Å². The molecule has 28 heavy (non-hydrogen) atoms. The molecular weight excluding hydrogens is 420 g/mol. The van der Waals surface area contributed by atoms with E-state index in [-0.39, 0.29) is 12.3 Å². The fraction of sp³-hybridized carbons (Fsp3) is 0.227. The minimum atomic E-state index is -0.307. The number of nitrogens with zero attached hydrogens (tertiary/aromatic N) is 2. The van der Waals surface area contributed by atoms with E-state index in [2.05, 4.69) is 22.0 Å². The zero-order valence-corrected chi connectivity index (χ0v) is 17.1. The van der Waals surface area contributed by atoms with Crippen LogP contribution in [0.5, 0.6) is 11.5 Å². The third kappa shape index (κ3) is 2.88. The third-order valence-electron chi connectivity index (χ3n) is 5.18. The number of methoxy groups -OCH3 is 1. The molecule has 0 spiro atoms. The van der Waals surface area contributed by atoms with Gasteiger partial charge in [-0.15, -0.1) is 0 Å². The molecule has 0 bridgehead atoms. The fourth-order valence-electron chi connectivity index (χ4n) is 3.79. The smallest absolute Gasteiger partial charge is 0.213 e. The maximum atomic E-state index is 6.38. The van der Waals surface area contributed by atoms with Crippen LogP contribution in [0.25, 0.3) is 0 Å². The van der Waals surface area contributed by atoms with Crippen molar-refractivity contribution in [1.82, 2.24) is 5.01 Å². The predicted octanol–water partition coefficient (Wildman–Crippen LogP) is 5.60. The lowest BCUT2D eigenvalue weighted by Crippen LogP contribution is -2.33. The molecule has 5 rings (SSSR count). The second kappa shape index (κ2) is 6.71. The third-order valence-corrected chi connectivity index (χ3v) is 5.67. The molecule has 3 aromatic rings. The van der Waals surface area contributed by atoms with Gasteiger partial charge in [-0.25, -0.2) is 5.01 Å². The monoisotopic (exact) mass is 438 g/mol. The Morgan fingerprint density at radius 2 is 1.93 bits per heavy atom. The Balaban J connectivity index is 1.58. The van der Waals surface area contributed by atoms with Crippen LogP contribution < -0.4 is 9.47 Å². The van der Waals surface area contributed by atoms with Crippen LogP contribution in [0.15, 0.2) is 68.6 Å². The van der Waals surface area contributed by atoms with Crippen LogP contribution in [0, 0.1) is 6.92 Å². The molecule has 2 unspecified atom stereocenters. The fourth-order valence-corrected chi connectivity index (χ4v) is 4.16. The average Bonchev–Trinajstić information content (AvgIpc) is 3.34. The molecule has 0 radical (unpaired) electrons. The molecule has 2 atom stereocenters. The Kier molecular flexibility index (Phi) is 4.16. The minimum Gasteiger partial charge on any atom is -0.497 e. The van der Waals surface area contributed by atoms with Crippen molar-refractivity contribution < 1.29 is 13.9 Å². The number of rotatable bonds is 3. The highest BCUT2D eigenvalue weighted by Gasteiger charge is 2.41. The summed E-state index contributed by atoms with van der Waals surface area (Å²) in [6.07, 6.45) is 0.463. The first-order chi connectivity index (χ1) is 13.6. The molecule has 0 fully saturated rings. The number of ether oxygens (including phenoxy) is 2. The highest BCUT2D eigenvalue weighted by atomic mass is 79.9. The molecule has 2 aliphatic heterocycles. The lowest BCUT2D eigenvalue weighted by atomic mass is 9.97. The molecule has 0 saturated carbocycles. The molecule has 0 amide bonds. The Hall–Kier alpha value is -2.73. The van der Waals surface area contributed by atoms with Crippen molar-refractivity contribution in [2.24, 2.45) is 5.10 Å². The number of aryl methyl sites for hydroxylation is 1. The maximum absolute atomic E-state index is 6.38. The number of furan rings is 1. The molecule has 6 heteroatoms. The average molecular weight is 439 g/mol. The first-order valence-electron chi connectivity index (χ1n) is 9.15. The zero-order chi connectivity index (χ0) is 19.3. The molecular formula is C22H19BrN2O3. The lowest BCUT2D eigenvalue weighted by Gasteiger charge is -2.38. The maximum Gasteiger partial charge on any atom is 0.213 e. The van der Waals surface area contributed by atoms with E-state index in [9.17, 15) is 0 Å². The number of hydrazone groups is 1. The van der Waals surface area contributed by atoms with Crippen molar-refractivity contribution in [3.05, 3.63) is 81.7 Å². The van der Waals surface area contributed by atoms with Crippen molar-refractivity contribution >= 4 is 21.6 Å². The SMILES string of the molecule is COc1ccc(C2Oc3ccc(Br)cc3C3CC(c4ccc(C)o4)=NN32)cc1. The van der Waals surface area contributed by atoms with Crippen LogP contribution in [0.3, 0.4) is 0 Å². The van der Waals surface area contributed by atoms with E-state index in [0.717, 1.165) is 50.8 Å². The van der Waals surface area contributed by atoms with Gasteiger partial charge < -0.3 is 13.9 Å². The van der Waals surface area contributed by atoms with Gasteiger partial charge in [0.2, 0.25) is 6.23 Å². The van der Waals surface area contributed by atoms with Gasteiger partial charge in [-0.1, -0.05) is 15.9 Å². The molecule has 2 aliphatic rings. The molecule has 0 N–H and O–H groups in total. The molecule has 0 saturated heterocycles. The summed E-state index contributed by atoms with van der Waals surface area (Å²) < 4.78 is 18.5. The summed E-state index contributed by atoms with van der Waals surface area (Å²) in [5.41, 5.74) is 3.09. The van der Waals surface area contributed by atoms with Gasteiger partial charge in [0.25, 0.3) is 0 Å². The summed E-state index contributed by atoms with van der Waals surface area (Å²) in [6.45, 7) is 1.95. The van der Waals surface area contributed by atoms with Crippen molar-refractivity contribution in [2.45, 2.75) is 25.6 Å². The van der Waals surface area contributed by atoms with Gasteiger partial charge in [-0.05, 0) is 61.5 Å². The van der Waals surface area contributed by atoms with Gasteiger partial charge in [0.15, 0.2) is 0 Å². The van der Waals surface area contributed by atoms with E-state index in [1.165, 1.54) is 0 Å². The van der Waals surface area contributed by atoms with Crippen molar-refractivity contribution in [3.63, 3.8) is 0 Å². The number of fused-ring (bicyclic) bond motifs is 3. The lowest BCUT2D eigenvalue weighted by molar-refractivity contribution is -0.0191. The van der Waals surface area contributed by atoms with Gasteiger partial charge in [-0.3, -0.25) is 0 Å². The van der Waals surface area contributed by atoms with E-state index < -0.39 is 0 Å². The standard InChI is InChI=1S/C22H19BrN2O3/c1-13-3-9-21(27-13)18-12-19-17-11-15(23)6-10-20(17)28-22(25(19)24-18)14-4-7-16(26-2)8-5-14/h3-11,19,22H,12H2,1-2H3. The van der Waals surface area contributed by atoms with Gasteiger partial charge in [0, 0.05) is 22.0 Å². The molecule has 3 heterocycles. The number of halogens is 1. The highest BCUT2D eigenvalue weighted by Crippen LogP contribution is 2.48. The summed E-state index contributed by atoms with van der Waals surface area (Å²) in [6, 6.07) is 18.1.